The van der Waals surface area contributed by atoms with E-state index in [0.717, 1.165) is 15.1 Å². The number of rotatable bonds is 4. The summed E-state index contributed by atoms with van der Waals surface area (Å²) in [7, 11) is 1.78. The van der Waals surface area contributed by atoms with Gasteiger partial charge in [0, 0.05) is 33.2 Å². The fourth-order valence-electron chi connectivity index (χ4n) is 1.99. The molecule has 116 valence electrons. The second-order valence-electron chi connectivity index (χ2n) is 4.94. The van der Waals surface area contributed by atoms with Gasteiger partial charge in [-0.1, -0.05) is 27.7 Å². The van der Waals surface area contributed by atoms with Crippen molar-refractivity contribution < 1.29 is 4.79 Å². The average Bonchev–Trinajstić information content (AvgIpc) is 2.98. The standard InChI is InChI=1S/C17H14BrN3OS/c1-21-11-12(10-19-21)17(22)20-14-4-8-16(9-5-14)23-15-6-2-13(18)3-7-15/h2-11H,1H3,(H,20,22). The van der Waals surface area contributed by atoms with Gasteiger partial charge in [0.25, 0.3) is 5.91 Å². The Kier molecular flexibility index (Phi) is 4.83. The number of carbonyl (C=O) groups excluding carboxylic acids is 1. The van der Waals surface area contributed by atoms with Crippen LogP contribution in [0.2, 0.25) is 0 Å². The lowest BCUT2D eigenvalue weighted by atomic mass is 10.3. The molecule has 0 saturated heterocycles. The smallest absolute Gasteiger partial charge is 0.258 e. The zero-order valence-corrected chi connectivity index (χ0v) is 14.8. The number of anilines is 1. The van der Waals surface area contributed by atoms with Crippen LogP contribution >= 0.6 is 27.7 Å². The van der Waals surface area contributed by atoms with Gasteiger partial charge in [0.2, 0.25) is 0 Å². The molecule has 4 nitrogen and oxygen atoms in total. The monoisotopic (exact) mass is 387 g/mol. The van der Waals surface area contributed by atoms with Gasteiger partial charge in [0.15, 0.2) is 0 Å². The first-order chi connectivity index (χ1) is 11.1. The van der Waals surface area contributed by atoms with Crippen LogP contribution in [0.25, 0.3) is 0 Å². The normalized spacial score (nSPS) is 10.5. The van der Waals surface area contributed by atoms with Crippen molar-refractivity contribution in [3.63, 3.8) is 0 Å². The summed E-state index contributed by atoms with van der Waals surface area (Å²) < 4.78 is 2.67. The van der Waals surface area contributed by atoms with E-state index in [4.69, 9.17) is 0 Å². The van der Waals surface area contributed by atoms with Gasteiger partial charge in [-0.05, 0) is 48.5 Å². The highest BCUT2D eigenvalue weighted by atomic mass is 79.9. The number of nitrogens with one attached hydrogen (secondary N) is 1. The number of carbonyl (C=O) groups is 1. The summed E-state index contributed by atoms with van der Waals surface area (Å²) in [5.41, 5.74) is 1.31. The van der Waals surface area contributed by atoms with Gasteiger partial charge < -0.3 is 5.32 Å². The van der Waals surface area contributed by atoms with Crippen molar-refractivity contribution in [2.24, 2.45) is 7.05 Å². The summed E-state index contributed by atoms with van der Waals surface area (Å²) in [5, 5.41) is 6.86. The third kappa shape index (κ3) is 4.24. The lowest BCUT2D eigenvalue weighted by Crippen LogP contribution is -2.10. The predicted octanol–water partition coefficient (Wildman–Crippen LogP) is 4.59. The van der Waals surface area contributed by atoms with Gasteiger partial charge in [0.05, 0.1) is 11.8 Å². The molecule has 1 heterocycles. The summed E-state index contributed by atoms with van der Waals surface area (Å²) in [6, 6.07) is 15.9. The molecular formula is C17H14BrN3OS. The van der Waals surface area contributed by atoms with E-state index < -0.39 is 0 Å². The molecule has 0 atom stereocenters. The van der Waals surface area contributed by atoms with E-state index in [1.54, 1.807) is 35.9 Å². The van der Waals surface area contributed by atoms with E-state index in [2.05, 4.69) is 38.5 Å². The molecule has 0 radical (unpaired) electrons. The van der Waals surface area contributed by atoms with Crippen molar-refractivity contribution in [2.45, 2.75) is 9.79 Å². The van der Waals surface area contributed by atoms with Crippen molar-refractivity contribution in [2.75, 3.05) is 5.32 Å². The van der Waals surface area contributed by atoms with E-state index in [9.17, 15) is 4.79 Å². The first-order valence-corrected chi connectivity index (χ1v) is 8.54. The van der Waals surface area contributed by atoms with Crippen LogP contribution in [0.4, 0.5) is 5.69 Å². The Bertz CT molecular complexity index is 813. The number of nitrogens with zero attached hydrogens (tertiary/aromatic N) is 2. The molecule has 0 aliphatic rings. The molecule has 0 aliphatic carbocycles. The molecule has 1 N–H and O–H groups in total. The van der Waals surface area contributed by atoms with Crippen molar-refractivity contribution in [3.8, 4) is 0 Å². The highest BCUT2D eigenvalue weighted by Gasteiger charge is 2.08. The van der Waals surface area contributed by atoms with E-state index >= 15 is 0 Å². The first kappa shape index (κ1) is 15.8. The summed E-state index contributed by atoms with van der Waals surface area (Å²) in [6.07, 6.45) is 3.24. The Hall–Kier alpha value is -2.05. The minimum Gasteiger partial charge on any atom is -0.322 e. The number of aromatic nitrogens is 2. The lowest BCUT2D eigenvalue weighted by molar-refractivity contribution is 0.102. The maximum absolute atomic E-state index is 12.1. The maximum Gasteiger partial charge on any atom is 0.258 e. The van der Waals surface area contributed by atoms with E-state index in [-0.39, 0.29) is 5.91 Å². The zero-order chi connectivity index (χ0) is 16.2. The highest BCUT2D eigenvalue weighted by Crippen LogP contribution is 2.29. The lowest BCUT2D eigenvalue weighted by Gasteiger charge is -2.06. The quantitative estimate of drug-likeness (QED) is 0.712. The molecule has 23 heavy (non-hydrogen) atoms. The van der Waals surface area contributed by atoms with Crippen LogP contribution in [0, 0.1) is 0 Å². The van der Waals surface area contributed by atoms with Crippen LogP contribution < -0.4 is 5.32 Å². The van der Waals surface area contributed by atoms with Gasteiger partial charge >= 0.3 is 0 Å². The SMILES string of the molecule is Cn1cc(C(=O)Nc2ccc(Sc3ccc(Br)cc3)cc2)cn1. The average molecular weight is 388 g/mol. The Morgan fingerprint density at radius 2 is 1.70 bits per heavy atom. The van der Waals surface area contributed by atoms with Gasteiger partial charge in [0.1, 0.15) is 0 Å². The van der Waals surface area contributed by atoms with Crippen LogP contribution in [-0.2, 0) is 7.05 Å². The fourth-order valence-corrected chi connectivity index (χ4v) is 3.07. The van der Waals surface area contributed by atoms with Crippen molar-refractivity contribution >= 4 is 39.3 Å². The minimum atomic E-state index is -0.161. The third-order valence-electron chi connectivity index (χ3n) is 3.13. The molecule has 1 amide bonds. The molecule has 0 spiro atoms. The Labute approximate surface area is 147 Å². The van der Waals surface area contributed by atoms with Crippen molar-refractivity contribution in [1.29, 1.82) is 0 Å². The summed E-state index contributed by atoms with van der Waals surface area (Å²) in [6.45, 7) is 0. The topological polar surface area (TPSA) is 46.9 Å². The van der Waals surface area contributed by atoms with E-state index in [1.807, 2.05) is 36.4 Å². The molecule has 3 aromatic rings. The fraction of sp³-hybridized carbons (Fsp3) is 0.0588. The van der Waals surface area contributed by atoms with Gasteiger partial charge in [-0.25, -0.2) is 0 Å². The molecule has 0 unspecified atom stereocenters. The number of aryl methyl sites for hydroxylation is 1. The molecule has 2 aromatic carbocycles. The second-order valence-corrected chi connectivity index (χ2v) is 7.00. The number of halogens is 1. The zero-order valence-electron chi connectivity index (χ0n) is 12.4. The summed E-state index contributed by atoms with van der Waals surface area (Å²) in [4.78, 5) is 14.3. The third-order valence-corrected chi connectivity index (χ3v) is 4.67. The molecule has 0 fully saturated rings. The Morgan fingerprint density at radius 1 is 1.09 bits per heavy atom. The second kappa shape index (κ2) is 7.02. The van der Waals surface area contributed by atoms with Crippen LogP contribution in [0.1, 0.15) is 10.4 Å². The molecule has 0 aliphatic heterocycles. The molecule has 1 aromatic heterocycles. The molecule has 6 heteroatoms. The van der Waals surface area contributed by atoms with Gasteiger partial charge in [-0.2, -0.15) is 5.10 Å². The highest BCUT2D eigenvalue weighted by molar-refractivity contribution is 9.10. The van der Waals surface area contributed by atoms with Crippen LogP contribution in [-0.4, -0.2) is 15.7 Å². The van der Waals surface area contributed by atoms with Gasteiger partial charge in [-0.3, -0.25) is 9.48 Å². The molecule has 0 saturated carbocycles. The van der Waals surface area contributed by atoms with Crippen molar-refractivity contribution in [3.05, 3.63) is 71.0 Å². The number of benzene rings is 2. The number of hydrogen-bond acceptors (Lipinski definition) is 3. The largest absolute Gasteiger partial charge is 0.322 e. The van der Waals surface area contributed by atoms with E-state index in [1.165, 1.54) is 4.90 Å². The Balaban J connectivity index is 1.65. The summed E-state index contributed by atoms with van der Waals surface area (Å²) in [5.74, 6) is -0.161. The van der Waals surface area contributed by atoms with E-state index in [0.29, 0.717) is 5.56 Å². The molecular weight excluding hydrogens is 374 g/mol. The van der Waals surface area contributed by atoms with Crippen LogP contribution in [0.15, 0.2) is 75.2 Å². The molecule has 0 bridgehead atoms. The van der Waals surface area contributed by atoms with Gasteiger partial charge in [-0.15, -0.1) is 0 Å². The predicted molar refractivity (Wildman–Crippen MR) is 95.9 cm³/mol. The minimum absolute atomic E-state index is 0.161. The number of amides is 1. The Morgan fingerprint density at radius 3 is 2.26 bits per heavy atom. The van der Waals surface area contributed by atoms with Crippen LogP contribution in [0.5, 0.6) is 0 Å². The first-order valence-electron chi connectivity index (χ1n) is 6.94. The van der Waals surface area contributed by atoms with Crippen molar-refractivity contribution in [1.82, 2.24) is 9.78 Å². The van der Waals surface area contributed by atoms with Crippen LogP contribution in [0.3, 0.4) is 0 Å². The maximum atomic E-state index is 12.1. The number of hydrogen-bond donors (Lipinski definition) is 1. The molecule has 3 rings (SSSR count). The summed E-state index contributed by atoms with van der Waals surface area (Å²) >= 11 is 5.11.